The summed E-state index contributed by atoms with van der Waals surface area (Å²) in [5.74, 6) is 0. The lowest BCUT2D eigenvalue weighted by Crippen LogP contribution is -2.36. The van der Waals surface area contributed by atoms with E-state index in [4.69, 9.17) is 0 Å². The number of hydrogen-bond acceptors (Lipinski definition) is 1. The van der Waals surface area contributed by atoms with Crippen LogP contribution in [0.1, 0.15) is 43.9 Å². The van der Waals surface area contributed by atoms with Crippen molar-refractivity contribution in [3.05, 3.63) is 35.0 Å². The van der Waals surface area contributed by atoms with E-state index in [9.17, 15) is 0 Å². The van der Waals surface area contributed by atoms with E-state index in [1.165, 1.54) is 34.0 Å². The summed E-state index contributed by atoms with van der Waals surface area (Å²) in [5.41, 5.74) is 5.81. The topological polar surface area (TPSA) is 17.0 Å². The van der Waals surface area contributed by atoms with Crippen molar-refractivity contribution in [2.24, 2.45) is 7.05 Å². The van der Waals surface area contributed by atoms with Crippen LogP contribution in [-0.2, 0) is 13.5 Å². The lowest BCUT2D eigenvalue weighted by Gasteiger charge is -2.20. The van der Waals surface area contributed by atoms with Crippen molar-refractivity contribution in [2.75, 3.05) is 6.54 Å². The van der Waals surface area contributed by atoms with Gasteiger partial charge in [0.1, 0.15) is 0 Å². The largest absolute Gasteiger partial charge is 0.350 e. The number of benzene rings is 1. The number of aryl methyl sites for hydroxylation is 4. The van der Waals surface area contributed by atoms with Crippen molar-refractivity contribution in [1.82, 2.24) is 9.88 Å². The molecular formula is C18H28N2. The number of nitrogens with one attached hydrogen (secondary N) is 1. The van der Waals surface area contributed by atoms with Crippen LogP contribution in [0, 0.1) is 13.8 Å². The van der Waals surface area contributed by atoms with Gasteiger partial charge < -0.3 is 9.88 Å². The molecule has 0 aliphatic carbocycles. The van der Waals surface area contributed by atoms with Gasteiger partial charge >= 0.3 is 0 Å². The number of fused-ring (bicyclic) bond motifs is 1. The first kappa shape index (κ1) is 15.1. The van der Waals surface area contributed by atoms with Crippen LogP contribution in [0.15, 0.2) is 18.3 Å². The summed E-state index contributed by atoms with van der Waals surface area (Å²) in [6, 6.07) is 4.60. The van der Waals surface area contributed by atoms with Crippen molar-refractivity contribution >= 4 is 10.9 Å². The van der Waals surface area contributed by atoms with Gasteiger partial charge in [-0.15, -0.1) is 0 Å². The minimum atomic E-state index is 0.214. The summed E-state index contributed by atoms with van der Waals surface area (Å²) in [6.07, 6.45) is 4.63. The Kier molecular flexibility index (Phi) is 4.24. The molecule has 1 N–H and O–H groups in total. The monoisotopic (exact) mass is 272 g/mol. The molecule has 1 heterocycles. The van der Waals surface area contributed by atoms with Gasteiger partial charge in [0.25, 0.3) is 0 Å². The van der Waals surface area contributed by atoms with E-state index in [0.29, 0.717) is 0 Å². The first-order chi connectivity index (χ1) is 9.28. The quantitative estimate of drug-likeness (QED) is 0.829. The molecule has 0 spiro atoms. The SMILES string of the molecule is Cc1cc(C)c2c(c1)c(CCCNC(C)(C)C)cn2C. The van der Waals surface area contributed by atoms with Gasteiger partial charge in [0.2, 0.25) is 0 Å². The average molecular weight is 272 g/mol. The fourth-order valence-corrected chi connectivity index (χ4v) is 2.98. The molecule has 0 atom stereocenters. The molecule has 0 aliphatic heterocycles. The summed E-state index contributed by atoms with van der Waals surface area (Å²) in [5, 5.41) is 4.99. The van der Waals surface area contributed by atoms with Crippen LogP contribution in [0.4, 0.5) is 0 Å². The molecule has 0 saturated heterocycles. The zero-order chi connectivity index (χ0) is 14.9. The first-order valence-corrected chi connectivity index (χ1v) is 7.58. The Labute approximate surface area is 123 Å². The molecule has 1 aromatic carbocycles. The normalized spacial score (nSPS) is 12.3. The Balaban J connectivity index is 2.15. The second-order valence-corrected chi connectivity index (χ2v) is 7.02. The van der Waals surface area contributed by atoms with Crippen molar-refractivity contribution in [3.8, 4) is 0 Å². The van der Waals surface area contributed by atoms with Crippen LogP contribution < -0.4 is 5.32 Å². The fraction of sp³-hybridized carbons (Fsp3) is 0.556. The van der Waals surface area contributed by atoms with Gasteiger partial charge in [-0.1, -0.05) is 11.6 Å². The number of rotatable bonds is 4. The minimum Gasteiger partial charge on any atom is -0.350 e. The lowest BCUT2D eigenvalue weighted by molar-refractivity contribution is 0.422. The molecule has 0 radical (unpaired) electrons. The van der Waals surface area contributed by atoms with E-state index in [0.717, 1.165) is 13.0 Å². The van der Waals surface area contributed by atoms with E-state index in [1.807, 2.05) is 0 Å². The van der Waals surface area contributed by atoms with Crippen LogP contribution in [-0.4, -0.2) is 16.7 Å². The standard InChI is InChI=1S/C18H28N2/c1-13-10-14(2)17-16(11-13)15(12-20(17)6)8-7-9-19-18(3,4)5/h10-12,19H,7-9H2,1-6H3. The van der Waals surface area contributed by atoms with Crippen LogP contribution in [0.5, 0.6) is 0 Å². The van der Waals surface area contributed by atoms with Crippen LogP contribution in [0.25, 0.3) is 10.9 Å². The summed E-state index contributed by atoms with van der Waals surface area (Å²) < 4.78 is 2.27. The van der Waals surface area contributed by atoms with E-state index >= 15 is 0 Å². The molecule has 1 aromatic heterocycles. The van der Waals surface area contributed by atoms with E-state index in [-0.39, 0.29) is 5.54 Å². The Morgan fingerprint density at radius 1 is 1.15 bits per heavy atom. The zero-order valence-electron chi connectivity index (χ0n) is 13.8. The highest BCUT2D eigenvalue weighted by Gasteiger charge is 2.11. The molecule has 20 heavy (non-hydrogen) atoms. The lowest BCUT2D eigenvalue weighted by atomic mass is 10.0. The van der Waals surface area contributed by atoms with Gasteiger partial charge in [-0.3, -0.25) is 0 Å². The Morgan fingerprint density at radius 2 is 1.85 bits per heavy atom. The highest BCUT2D eigenvalue weighted by Crippen LogP contribution is 2.26. The van der Waals surface area contributed by atoms with Crippen molar-refractivity contribution < 1.29 is 0 Å². The molecule has 0 fully saturated rings. The predicted molar refractivity (Wildman–Crippen MR) is 88.5 cm³/mol. The van der Waals surface area contributed by atoms with Gasteiger partial charge in [-0.05, 0) is 71.2 Å². The maximum Gasteiger partial charge on any atom is 0.0510 e. The second kappa shape index (κ2) is 5.61. The van der Waals surface area contributed by atoms with Crippen molar-refractivity contribution in [2.45, 2.75) is 53.0 Å². The highest BCUT2D eigenvalue weighted by atomic mass is 14.9. The van der Waals surface area contributed by atoms with Crippen LogP contribution >= 0.6 is 0 Å². The summed E-state index contributed by atoms with van der Waals surface area (Å²) in [4.78, 5) is 0. The molecule has 2 heteroatoms. The number of hydrogen-bond donors (Lipinski definition) is 1. The van der Waals surface area contributed by atoms with Gasteiger partial charge in [-0.2, -0.15) is 0 Å². The summed E-state index contributed by atoms with van der Waals surface area (Å²) in [6.45, 7) is 12.1. The van der Waals surface area contributed by atoms with E-state index < -0.39 is 0 Å². The summed E-state index contributed by atoms with van der Waals surface area (Å²) >= 11 is 0. The smallest absolute Gasteiger partial charge is 0.0510 e. The minimum absolute atomic E-state index is 0.214. The van der Waals surface area contributed by atoms with Crippen LogP contribution in [0.2, 0.25) is 0 Å². The first-order valence-electron chi connectivity index (χ1n) is 7.58. The van der Waals surface area contributed by atoms with Gasteiger partial charge in [0.15, 0.2) is 0 Å². The molecule has 2 rings (SSSR count). The summed E-state index contributed by atoms with van der Waals surface area (Å²) in [7, 11) is 2.15. The van der Waals surface area contributed by atoms with E-state index in [2.05, 4.69) is 69.9 Å². The Morgan fingerprint density at radius 3 is 2.50 bits per heavy atom. The Hall–Kier alpha value is -1.28. The number of aromatic nitrogens is 1. The molecule has 2 aromatic rings. The van der Waals surface area contributed by atoms with Gasteiger partial charge in [0, 0.05) is 24.2 Å². The van der Waals surface area contributed by atoms with Crippen molar-refractivity contribution in [1.29, 1.82) is 0 Å². The molecule has 2 nitrogen and oxygen atoms in total. The van der Waals surface area contributed by atoms with Gasteiger partial charge in [-0.25, -0.2) is 0 Å². The molecule has 0 unspecified atom stereocenters. The third-order valence-electron chi connectivity index (χ3n) is 3.77. The Bertz CT molecular complexity index is 600. The fourth-order valence-electron chi connectivity index (χ4n) is 2.98. The predicted octanol–water partition coefficient (Wildman–Crippen LogP) is 4.12. The number of nitrogens with zero attached hydrogens (tertiary/aromatic N) is 1. The second-order valence-electron chi connectivity index (χ2n) is 7.02. The highest BCUT2D eigenvalue weighted by molar-refractivity contribution is 5.87. The average Bonchev–Trinajstić information content (AvgIpc) is 2.60. The maximum atomic E-state index is 3.56. The molecule has 0 saturated carbocycles. The molecule has 0 aliphatic rings. The molecule has 0 bridgehead atoms. The third kappa shape index (κ3) is 3.43. The van der Waals surface area contributed by atoms with Crippen molar-refractivity contribution in [3.63, 3.8) is 0 Å². The van der Waals surface area contributed by atoms with Gasteiger partial charge in [0.05, 0.1) is 5.52 Å². The van der Waals surface area contributed by atoms with Crippen LogP contribution in [0.3, 0.4) is 0 Å². The zero-order valence-corrected chi connectivity index (χ0v) is 13.8. The third-order valence-corrected chi connectivity index (χ3v) is 3.77. The van der Waals surface area contributed by atoms with E-state index in [1.54, 1.807) is 0 Å². The maximum absolute atomic E-state index is 3.56. The molecule has 110 valence electrons. The molecular weight excluding hydrogens is 244 g/mol. The molecule has 0 amide bonds.